The molecule has 1 aliphatic heterocycles. The number of carbonyl (C=O) groups excluding carboxylic acids is 1. The Bertz CT molecular complexity index is 1320. The summed E-state index contributed by atoms with van der Waals surface area (Å²) in [5, 5.41) is 3.16. The second kappa shape index (κ2) is 9.08. The third-order valence-electron chi connectivity index (χ3n) is 6.00. The molecule has 0 saturated carbocycles. The lowest BCUT2D eigenvalue weighted by atomic mass is 10.0. The molecular formula is C27H23F2N3O. The number of nitrogens with one attached hydrogen (secondary N) is 1. The first-order valence-corrected chi connectivity index (χ1v) is 11.0. The number of aromatic nitrogens is 1. The van der Waals surface area contributed by atoms with E-state index in [4.69, 9.17) is 0 Å². The van der Waals surface area contributed by atoms with Crippen molar-refractivity contribution in [2.75, 3.05) is 18.4 Å². The highest BCUT2D eigenvalue weighted by atomic mass is 19.1. The molecule has 0 atom stereocenters. The molecule has 1 amide bonds. The number of likely N-dealkylation sites (tertiary alicyclic amines) is 1. The molecule has 0 bridgehead atoms. The van der Waals surface area contributed by atoms with Crippen molar-refractivity contribution in [2.45, 2.75) is 19.4 Å². The number of fused-ring (bicyclic) bond motifs is 1. The van der Waals surface area contributed by atoms with E-state index in [2.05, 4.69) is 15.2 Å². The molecule has 4 nitrogen and oxygen atoms in total. The van der Waals surface area contributed by atoms with Crippen molar-refractivity contribution in [1.82, 2.24) is 9.88 Å². The van der Waals surface area contributed by atoms with Gasteiger partial charge in [0.25, 0.3) is 5.91 Å². The highest BCUT2D eigenvalue weighted by Crippen LogP contribution is 2.26. The largest absolute Gasteiger partial charge is 0.319 e. The quantitative estimate of drug-likeness (QED) is 0.410. The summed E-state index contributed by atoms with van der Waals surface area (Å²) < 4.78 is 29.5. The molecule has 3 aromatic carbocycles. The Hall–Kier alpha value is -3.64. The number of rotatable bonds is 5. The van der Waals surface area contributed by atoms with Gasteiger partial charge in [0.05, 0.1) is 16.8 Å². The van der Waals surface area contributed by atoms with Crippen LogP contribution in [-0.4, -0.2) is 28.9 Å². The second-order valence-electron chi connectivity index (χ2n) is 8.37. The Morgan fingerprint density at radius 3 is 2.45 bits per heavy atom. The molecule has 4 aromatic rings. The van der Waals surface area contributed by atoms with Crippen LogP contribution in [0.2, 0.25) is 0 Å². The zero-order valence-corrected chi connectivity index (χ0v) is 18.0. The Balaban J connectivity index is 1.36. The summed E-state index contributed by atoms with van der Waals surface area (Å²) in [6.07, 6.45) is 4.19. The maximum Gasteiger partial charge on any atom is 0.258 e. The molecule has 0 spiro atoms. The molecule has 0 aliphatic carbocycles. The third kappa shape index (κ3) is 4.61. The van der Waals surface area contributed by atoms with E-state index in [1.807, 2.05) is 36.4 Å². The minimum atomic E-state index is -0.712. The number of anilines is 1. The molecule has 5 rings (SSSR count). The van der Waals surface area contributed by atoms with Crippen LogP contribution in [0.1, 0.15) is 28.8 Å². The van der Waals surface area contributed by atoms with Crippen LogP contribution >= 0.6 is 0 Å². The molecule has 166 valence electrons. The lowest BCUT2D eigenvalue weighted by Gasteiger charge is -2.15. The molecule has 6 heteroatoms. The van der Waals surface area contributed by atoms with E-state index >= 15 is 0 Å². The SMILES string of the molecule is O=C(Nc1cc2ncc(CN3CCCC3)cc2cc1F)c1ccc(-c2ccccc2)cc1F. The molecule has 1 aromatic heterocycles. The number of benzene rings is 3. The summed E-state index contributed by atoms with van der Waals surface area (Å²) in [7, 11) is 0. The molecule has 1 aliphatic rings. The minimum Gasteiger partial charge on any atom is -0.319 e. The zero-order chi connectivity index (χ0) is 22.8. The van der Waals surface area contributed by atoms with Crippen molar-refractivity contribution in [3.63, 3.8) is 0 Å². The third-order valence-corrected chi connectivity index (χ3v) is 6.00. The Morgan fingerprint density at radius 1 is 0.909 bits per heavy atom. The monoisotopic (exact) mass is 443 g/mol. The van der Waals surface area contributed by atoms with E-state index in [-0.39, 0.29) is 11.3 Å². The van der Waals surface area contributed by atoms with E-state index in [0.717, 1.165) is 30.8 Å². The number of halogens is 2. The van der Waals surface area contributed by atoms with Crippen molar-refractivity contribution in [3.05, 3.63) is 95.7 Å². The number of hydrogen-bond donors (Lipinski definition) is 1. The summed E-state index contributed by atoms with van der Waals surface area (Å²) in [6.45, 7) is 2.93. The van der Waals surface area contributed by atoms with Crippen LogP contribution < -0.4 is 5.32 Å². The van der Waals surface area contributed by atoms with Crippen LogP contribution in [-0.2, 0) is 6.54 Å². The van der Waals surface area contributed by atoms with Crippen LogP contribution in [0.15, 0.2) is 72.9 Å². The van der Waals surface area contributed by atoms with E-state index in [1.165, 1.54) is 37.1 Å². The standard InChI is InChI=1S/C27H23F2N3O/c28-23-13-20(19-6-2-1-3-7-19)8-9-22(23)27(33)31-26-15-25-21(14-24(26)29)12-18(16-30-25)17-32-10-4-5-11-32/h1-3,6-9,12-16H,4-5,10-11,17H2,(H,31,33). The number of hydrogen-bond acceptors (Lipinski definition) is 3. The molecule has 1 fully saturated rings. The second-order valence-corrected chi connectivity index (χ2v) is 8.37. The van der Waals surface area contributed by atoms with Crippen LogP contribution in [0.25, 0.3) is 22.0 Å². The van der Waals surface area contributed by atoms with Crippen molar-refractivity contribution in [2.24, 2.45) is 0 Å². The van der Waals surface area contributed by atoms with E-state index in [9.17, 15) is 13.6 Å². The van der Waals surface area contributed by atoms with Crippen LogP contribution in [0.5, 0.6) is 0 Å². The molecular weight excluding hydrogens is 420 g/mol. The summed E-state index contributed by atoms with van der Waals surface area (Å²) in [4.78, 5) is 19.5. The molecule has 1 saturated heterocycles. The van der Waals surface area contributed by atoms with Gasteiger partial charge in [-0.15, -0.1) is 0 Å². The van der Waals surface area contributed by atoms with Gasteiger partial charge in [-0.3, -0.25) is 14.7 Å². The normalized spacial score (nSPS) is 14.0. The van der Waals surface area contributed by atoms with E-state index in [1.54, 1.807) is 12.3 Å². The molecule has 0 radical (unpaired) electrons. The van der Waals surface area contributed by atoms with Gasteiger partial charge in [-0.25, -0.2) is 8.78 Å². The van der Waals surface area contributed by atoms with E-state index in [0.29, 0.717) is 16.5 Å². The smallest absolute Gasteiger partial charge is 0.258 e. The Kier molecular flexibility index (Phi) is 5.84. The van der Waals surface area contributed by atoms with Gasteiger partial charge in [-0.05, 0) is 73.0 Å². The van der Waals surface area contributed by atoms with Gasteiger partial charge in [0.15, 0.2) is 0 Å². The average molecular weight is 443 g/mol. The Morgan fingerprint density at radius 2 is 1.70 bits per heavy atom. The van der Waals surface area contributed by atoms with E-state index < -0.39 is 17.5 Å². The van der Waals surface area contributed by atoms with Gasteiger partial charge in [-0.2, -0.15) is 0 Å². The maximum absolute atomic E-state index is 14.8. The van der Waals surface area contributed by atoms with Gasteiger partial charge >= 0.3 is 0 Å². The summed E-state index contributed by atoms with van der Waals surface area (Å²) in [5.74, 6) is -1.96. The van der Waals surface area contributed by atoms with Gasteiger partial charge in [-0.1, -0.05) is 36.4 Å². The molecule has 2 heterocycles. The predicted molar refractivity (Wildman–Crippen MR) is 126 cm³/mol. The van der Waals surface area contributed by atoms with Crippen molar-refractivity contribution >= 4 is 22.5 Å². The first kappa shape index (κ1) is 21.2. The Labute approximate surface area is 190 Å². The summed E-state index contributed by atoms with van der Waals surface area (Å²) >= 11 is 0. The maximum atomic E-state index is 14.8. The van der Waals surface area contributed by atoms with Crippen molar-refractivity contribution < 1.29 is 13.6 Å². The van der Waals surface area contributed by atoms with Crippen molar-refractivity contribution in [3.8, 4) is 11.1 Å². The average Bonchev–Trinajstić information content (AvgIpc) is 3.33. The number of amides is 1. The first-order chi connectivity index (χ1) is 16.1. The van der Waals surface area contributed by atoms with Crippen LogP contribution in [0, 0.1) is 11.6 Å². The zero-order valence-electron chi connectivity index (χ0n) is 18.0. The highest BCUT2D eigenvalue weighted by Gasteiger charge is 2.17. The minimum absolute atomic E-state index is 0.0289. The van der Waals surface area contributed by atoms with Gasteiger partial charge in [0, 0.05) is 18.1 Å². The summed E-state index contributed by atoms with van der Waals surface area (Å²) in [6, 6.07) is 18.5. The number of nitrogens with zero attached hydrogens (tertiary/aromatic N) is 2. The van der Waals surface area contributed by atoms with Gasteiger partial charge < -0.3 is 5.32 Å². The topological polar surface area (TPSA) is 45.2 Å². The number of pyridine rings is 1. The fourth-order valence-electron chi connectivity index (χ4n) is 4.27. The van der Waals surface area contributed by atoms with Gasteiger partial charge in [0.1, 0.15) is 11.6 Å². The van der Waals surface area contributed by atoms with Crippen molar-refractivity contribution in [1.29, 1.82) is 0 Å². The lowest BCUT2D eigenvalue weighted by Crippen LogP contribution is -2.18. The summed E-state index contributed by atoms with van der Waals surface area (Å²) in [5.41, 5.74) is 2.93. The predicted octanol–water partition coefficient (Wildman–Crippen LogP) is 6.03. The first-order valence-electron chi connectivity index (χ1n) is 11.0. The molecule has 33 heavy (non-hydrogen) atoms. The van der Waals surface area contributed by atoms with Crippen LogP contribution in [0.3, 0.4) is 0 Å². The molecule has 0 unspecified atom stereocenters. The highest BCUT2D eigenvalue weighted by molar-refractivity contribution is 6.05. The van der Waals surface area contributed by atoms with Gasteiger partial charge in [0.2, 0.25) is 0 Å². The fourth-order valence-corrected chi connectivity index (χ4v) is 4.27. The fraction of sp³-hybridized carbons (Fsp3) is 0.185. The van der Waals surface area contributed by atoms with Crippen LogP contribution in [0.4, 0.5) is 14.5 Å². The number of carbonyl (C=O) groups is 1. The lowest BCUT2D eigenvalue weighted by molar-refractivity contribution is 0.102. The molecule has 1 N–H and O–H groups in total.